The molecule has 0 bridgehead atoms. The zero-order valence-electron chi connectivity index (χ0n) is 25.4. The van der Waals surface area contributed by atoms with Crippen molar-refractivity contribution in [3.8, 4) is 33.8 Å². The van der Waals surface area contributed by atoms with Crippen LogP contribution in [0, 0.1) is 0 Å². The van der Waals surface area contributed by atoms with Crippen molar-refractivity contribution in [2.75, 3.05) is 4.90 Å². The van der Waals surface area contributed by atoms with Gasteiger partial charge in [-0.1, -0.05) is 97.1 Å². The number of anilines is 3. The van der Waals surface area contributed by atoms with E-state index in [1.165, 1.54) is 31.0 Å². The van der Waals surface area contributed by atoms with Crippen molar-refractivity contribution >= 4 is 39.7 Å². The summed E-state index contributed by atoms with van der Waals surface area (Å²) < 4.78 is 13.0. The molecule has 10 rings (SSSR count). The Bertz CT molecular complexity index is 2180. The van der Waals surface area contributed by atoms with E-state index in [0.29, 0.717) is 0 Å². The predicted octanol–water partition coefficient (Wildman–Crippen LogP) is 10.6. The van der Waals surface area contributed by atoms with Gasteiger partial charge in [-0.2, -0.15) is 0 Å². The van der Waals surface area contributed by atoms with E-state index in [-0.39, 0.29) is 0 Å². The molecule has 0 fully saturated rings. The monoisotopic (exact) mass is 621 g/mol. The molecule has 7 aromatic rings. The molecule has 0 radical (unpaired) electrons. The van der Waals surface area contributed by atoms with Gasteiger partial charge in [0, 0.05) is 41.9 Å². The van der Waals surface area contributed by atoms with Crippen LogP contribution in [-0.2, 0) is 0 Å². The fraction of sp³-hybridized carbons (Fsp3) is 0. The van der Waals surface area contributed by atoms with Crippen molar-refractivity contribution in [3.63, 3.8) is 0 Å². The molecule has 0 atom stereocenters. The van der Waals surface area contributed by atoms with Gasteiger partial charge < -0.3 is 14.2 Å². The first-order valence-electron chi connectivity index (χ1n) is 15.9. The highest BCUT2D eigenvalue weighted by molar-refractivity contribution is 8.34. The Balaban J connectivity index is 1.30. The fourth-order valence-electron chi connectivity index (χ4n) is 7.64. The standard InChI is InChI=1S/C42H28BNO2S/c1-3-15-30(16-4-1)47(31-17-5-2-6-18-31)40-25-13-9-21-36(40)44(37-22-10-14-26-41(37)47)29-27-34-32-19-7-11-23-38(32)45-43-42(34)35(28-29)33-20-8-12-24-39(33)46-43/h1-28H. The minimum Gasteiger partial charge on any atom is -0.521 e. The molecule has 3 aliphatic rings. The molecule has 3 aliphatic heterocycles. The number of hydrogen-bond acceptors (Lipinski definition) is 3. The molecule has 3 nitrogen and oxygen atoms in total. The lowest BCUT2D eigenvalue weighted by Gasteiger charge is -2.50. The number of nitrogens with zero attached hydrogens (tertiary/aromatic N) is 1. The second kappa shape index (κ2) is 10.2. The number of fused-ring (bicyclic) bond motifs is 6. The van der Waals surface area contributed by atoms with Crippen molar-refractivity contribution in [2.45, 2.75) is 19.6 Å². The third-order valence-corrected chi connectivity index (χ3v) is 13.5. The van der Waals surface area contributed by atoms with E-state index in [2.05, 4.69) is 150 Å². The van der Waals surface area contributed by atoms with Gasteiger partial charge in [-0.15, -0.1) is 10.0 Å². The van der Waals surface area contributed by atoms with Crippen LogP contribution in [-0.4, -0.2) is 7.12 Å². The van der Waals surface area contributed by atoms with E-state index in [4.69, 9.17) is 9.31 Å². The molecule has 5 heteroatoms. The van der Waals surface area contributed by atoms with Gasteiger partial charge in [0.1, 0.15) is 11.5 Å². The van der Waals surface area contributed by atoms with E-state index in [9.17, 15) is 0 Å². The van der Waals surface area contributed by atoms with E-state index >= 15 is 0 Å². The van der Waals surface area contributed by atoms with Gasteiger partial charge in [0.25, 0.3) is 0 Å². The van der Waals surface area contributed by atoms with Crippen molar-refractivity contribution in [3.05, 3.63) is 170 Å². The van der Waals surface area contributed by atoms with Crippen LogP contribution < -0.4 is 19.7 Å². The van der Waals surface area contributed by atoms with Gasteiger partial charge in [0.15, 0.2) is 0 Å². The molecule has 0 saturated carbocycles. The van der Waals surface area contributed by atoms with Gasteiger partial charge in [-0.3, -0.25) is 0 Å². The summed E-state index contributed by atoms with van der Waals surface area (Å²) in [4.78, 5) is 7.78. The topological polar surface area (TPSA) is 21.7 Å². The quantitative estimate of drug-likeness (QED) is 0.183. The number of para-hydroxylation sites is 4. The van der Waals surface area contributed by atoms with Gasteiger partial charge in [-0.25, -0.2) is 0 Å². The van der Waals surface area contributed by atoms with Crippen molar-refractivity contribution < 1.29 is 9.31 Å². The number of hydrogen-bond donors (Lipinski definition) is 0. The molecule has 7 aromatic carbocycles. The third kappa shape index (κ3) is 3.72. The summed E-state index contributed by atoms with van der Waals surface area (Å²) in [5, 5.41) is 0. The van der Waals surface area contributed by atoms with Crippen molar-refractivity contribution in [1.29, 1.82) is 0 Å². The van der Waals surface area contributed by atoms with Crippen LogP contribution in [0.4, 0.5) is 17.1 Å². The number of benzene rings is 7. The summed E-state index contributed by atoms with van der Waals surface area (Å²) in [5.74, 6) is 1.67. The summed E-state index contributed by atoms with van der Waals surface area (Å²) in [6, 6.07) is 61.5. The highest BCUT2D eigenvalue weighted by Crippen LogP contribution is 2.79. The second-order valence-electron chi connectivity index (χ2n) is 12.0. The molecule has 0 unspecified atom stereocenters. The third-order valence-electron chi connectivity index (χ3n) is 9.55. The summed E-state index contributed by atoms with van der Waals surface area (Å²) in [7, 11) is -2.33. The first kappa shape index (κ1) is 26.6. The smallest absolute Gasteiger partial charge is 0.521 e. The molecule has 3 heterocycles. The van der Waals surface area contributed by atoms with Crippen LogP contribution in [0.15, 0.2) is 189 Å². The van der Waals surface area contributed by atoms with Crippen LogP contribution >= 0.6 is 10.0 Å². The van der Waals surface area contributed by atoms with E-state index in [0.717, 1.165) is 44.9 Å². The van der Waals surface area contributed by atoms with Crippen LogP contribution in [0.25, 0.3) is 22.3 Å². The largest absolute Gasteiger partial charge is 0.633 e. The summed E-state index contributed by atoms with van der Waals surface area (Å²) in [6.45, 7) is 0. The van der Waals surface area contributed by atoms with Crippen LogP contribution in [0.1, 0.15) is 0 Å². The highest BCUT2D eigenvalue weighted by atomic mass is 32.3. The lowest BCUT2D eigenvalue weighted by atomic mass is 9.66. The summed E-state index contributed by atoms with van der Waals surface area (Å²) in [6.07, 6.45) is 0. The van der Waals surface area contributed by atoms with Gasteiger partial charge in [-0.05, 0) is 83.9 Å². The maximum Gasteiger partial charge on any atom is 0.633 e. The molecule has 0 aliphatic carbocycles. The van der Waals surface area contributed by atoms with E-state index in [1.807, 2.05) is 24.3 Å². The van der Waals surface area contributed by atoms with E-state index in [1.54, 1.807) is 0 Å². The Hall–Kier alpha value is -5.65. The highest BCUT2D eigenvalue weighted by Gasteiger charge is 2.45. The van der Waals surface area contributed by atoms with E-state index < -0.39 is 17.1 Å². The Morgan fingerprint density at radius 3 is 1.36 bits per heavy atom. The SMILES string of the molecule is c1ccc(S2(c3ccccc3)c3ccccc3N(c3cc4c5c(c3)-c3ccccc3OB5Oc3ccccc3-4)c3ccccc32)cc1. The van der Waals surface area contributed by atoms with Crippen LogP contribution in [0.2, 0.25) is 0 Å². The molecular formula is C42H28BNO2S. The average molecular weight is 622 g/mol. The zero-order valence-corrected chi connectivity index (χ0v) is 26.2. The predicted molar refractivity (Wildman–Crippen MR) is 192 cm³/mol. The Morgan fingerprint density at radius 1 is 0.426 bits per heavy atom. The van der Waals surface area contributed by atoms with Crippen LogP contribution in [0.5, 0.6) is 11.5 Å². The minimum absolute atomic E-state index is 0.506. The summed E-state index contributed by atoms with van der Waals surface area (Å²) in [5.41, 5.74) is 9.02. The maximum absolute atomic E-state index is 6.49. The molecule has 0 N–H and O–H groups in total. The first-order valence-corrected chi connectivity index (χ1v) is 17.6. The normalized spacial score (nSPS) is 15.1. The van der Waals surface area contributed by atoms with Crippen molar-refractivity contribution in [2.24, 2.45) is 0 Å². The second-order valence-corrected chi connectivity index (χ2v) is 15.1. The molecule has 0 amide bonds. The molecule has 0 spiro atoms. The fourth-order valence-corrected chi connectivity index (χ4v) is 11.8. The van der Waals surface area contributed by atoms with Gasteiger partial charge >= 0.3 is 7.12 Å². The van der Waals surface area contributed by atoms with Gasteiger partial charge in [0.2, 0.25) is 0 Å². The Kier molecular flexibility index (Phi) is 5.75. The average Bonchev–Trinajstić information content (AvgIpc) is 3.14. The molecule has 47 heavy (non-hydrogen) atoms. The lowest BCUT2D eigenvalue weighted by molar-refractivity contribution is 0.436. The molecule has 222 valence electrons. The summed E-state index contributed by atoms with van der Waals surface area (Å²) >= 11 is 0. The Labute approximate surface area is 276 Å². The number of rotatable bonds is 3. The first-order chi connectivity index (χ1) is 23.3. The molecule has 0 aromatic heterocycles. The Morgan fingerprint density at radius 2 is 0.851 bits per heavy atom. The zero-order chi connectivity index (χ0) is 31.0. The maximum atomic E-state index is 6.49. The molecule has 0 saturated heterocycles. The minimum atomic E-state index is -1.82. The molecular weight excluding hydrogens is 593 g/mol. The van der Waals surface area contributed by atoms with Crippen LogP contribution in [0.3, 0.4) is 0 Å². The van der Waals surface area contributed by atoms with Gasteiger partial charge in [0.05, 0.1) is 11.4 Å². The van der Waals surface area contributed by atoms with Crippen molar-refractivity contribution in [1.82, 2.24) is 0 Å². The lowest BCUT2D eigenvalue weighted by Crippen LogP contribution is -2.49.